The molecule has 0 radical (unpaired) electrons. The molecule has 4 aliphatic rings. The Hall–Kier alpha value is -8.12. The predicted octanol–water partition coefficient (Wildman–Crippen LogP) is 12.2. The van der Waals surface area contributed by atoms with Crippen LogP contribution in [0.15, 0.2) is 140 Å². The van der Waals surface area contributed by atoms with Crippen LogP contribution < -0.4 is 0 Å². The first kappa shape index (κ1) is 49.8. The maximum absolute atomic E-state index is 9.67. The van der Waals surface area contributed by atoms with Crippen LogP contribution >= 0.6 is 0 Å². The summed E-state index contributed by atoms with van der Waals surface area (Å²) in [5, 5.41) is 76.1. The lowest BCUT2D eigenvalue weighted by Crippen LogP contribution is -2.12. The van der Waals surface area contributed by atoms with E-state index in [0.29, 0.717) is 5.92 Å². The number of phenols is 8. The van der Waals surface area contributed by atoms with Crippen molar-refractivity contribution in [3.05, 3.63) is 213 Å². The third-order valence-electron chi connectivity index (χ3n) is 14.8. The highest BCUT2D eigenvalue weighted by atomic mass is 16.3. The molecule has 8 N–H and O–H groups in total. The summed E-state index contributed by atoms with van der Waals surface area (Å²) in [6.45, 7) is 2.00. The summed E-state index contributed by atoms with van der Waals surface area (Å²) < 4.78 is 0. The van der Waals surface area contributed by atoms with Gasteiger partial charge in [0.25, 0.3) is 0 Å². The number of aryl methyl sites for hydroxylation is 5. The molecule has 0 saturated heterocycles. The van der Waals surface area contributed by atoms with E-state index in [-0.39, 0.29) is 63.7 Å². The van der Waals surface area contributed by atoms with Crippen LogP contribution in [-0.4, -0.2) is 60.8 Å². The molecule has 374 valence electrons. The zero-order valence-electron chi connectivity index (χ0n) is 40.9. The molecule has 8 aromatic rings. The van der Waals surface area contributed by atoms with Crippen LogP contribution in [0.1, 0.15) is 148 Å². The fourth-order valence-electron chi connectivity index (χ4n) is 11.1. The van der Waals surface area contributed by atoms with E-state index in [1.807, 2.05) is 74.4 Å². The van der Waals surface area contributed by atoms with Crippen LogP contribution in [0.5, 0.6) is 46.0 Å². The highest BCUT2D eigenvalue weighted by molar-refractivity contribution is 5.50. The van der Waals surface area contributed by atoms with Crippen LogP contribution in [0.2, 0.25) is 0 Å². The summed E-state index contributed by atoms with van der Waals surface area (Å²) in [7, 11) is 0. The van der Waals surface area contributed by atoms with Crippen molar-refractivity contribution in [1.82, 2.24) is 19.9 Å². The number of nitrogens with zero attached hydrogens (tertiary/aromatic N) is 4. The zero-order chi connectivity index (χ0) is 51.0. The lowest BCUT2D eigenvalue weighted by Gasteiger charge is -2.26. The van der Waals surface area contributed by atoms with Crippen molar-refractivity contribution in [3.63, 3.8) is 0 Å². The molecule has 12 heteroatoms. The number of benzene rings is 4. The Morgan fingerprint density at radius 3 is 1.33 bits per heavy atom. The second-order valence-electron chi connectivity index (χ2n) is 19.5. The van der Waals surface area contributed by atoms with E-state index in [0.717, 1.165) is 111 Å². The summed E-state index contributed by atoms with van der Waals surface area (Å²) in [6.07, 6.45) is 24.3. The van der Waals surface area contributed by atoms with Gasteiger partial charge < -0.3 is 40.9 Å². The second-order valence-corrected chi connectivity index (χ2v) is 19.5. The molecule has 4 aliphatic carbocycles. The van der Waals surface area contributed by atoms with Gasteiger partial charge in [-0.25, -0.2) is 0 Å². The Morgan fingerprint density at radius 2 is 0.795 bits per heavy atom. The molecular weight excluding hydrogens is 917 g/mol. The molecule has 0 fully saturated rings. The van der Waals surface area contributed by atoms with E-state index in [1.54, 1.807) is 48.5 Å². The monoisotopic (exact) mass is 978 g/mol. The molecule has 12 rings (SSSR count). The molecule has 4 aromatic heterocycles. The minimum Gasteiger partial charge on any atom is -0.504 e. The number of phenolic OH excluding ortho intramolecular Hbond substituents is 8. The summed E-state index contributed by atoms with van der Waals surface area (Å²) in [5.74, 6) is 0.663. The summed E-state index contributed by atoms with van der Waals surface area (Å²) >= 11 is 0. The van der Waals surface area contributed by atoms with Crippen LogP contribution in [0.3, 0.4) is 0 Å². The van der Waals surface area contributed by atoms with E-state index in [1.165, 1.54) is 38.9 Å². The average Bonchev–Trinajstić information content (AvgIpc) is 3.42. The average molecular weight is 979 g/mol. The van der Waals surface area contributed by atoms with Crippen molar-refractivity contribution >= 4 is 0 Å². The molecule has 4 heterocycles. The van der Waals surface area contributed by atoms with E-state index < -0.39 is 0 Å². The van der Waals surface area contributed by atoms with Gasteiger partial charge >= 0.3 is 0 Å². The van der Waals surface area contributed by atoms with E-state index in [4.69, 9.17) is 0 Å². The topological polar surface area (TPSA) is 213 Å². The maximum atomic E-state index is 9.67. The third kappa shape index (κ3) is 11.5. The number of hydrogen-bond donors (Lipinski definition) is 8. The molecule has 12 nitrogen and oxygen atoms in total. The molecule has 0 bridgehead atoms. The fraction of sp³-hybridized carbons (Fsp3) is 0.279. The summed E-state index contributed by atoms with van der Waals surface area (Å²) in [6, 6.07) is 30.7. The first-order valence-corrected chi connectivity index (χ1v) is 25.2. The number of aromatic nitrogens is 4. The van der Waals surface area contributed by atoms with Crippen molar-refractivity contribution in [2.45, 2.75) is 108 Å². The largest absolute Gasteiger partial charge is 0.504 e. The van der Waals surface area contributed by atoms with Crippen LogP contribution in [0, 0.1) is 6.92 Å². The number of hydrogen-bond acceptors (Lipinski definition) is 12. The van der Waals surface area contributed by atoms with E-state index in [2.05, 4.69) is 44.2 Å². The van der Waals surface area contributed by atoms with Crippen LogP contribution in [0.4, 0.5) is 0 Å². The summed E-state index contributed by atoms with van der Waals surface area (Å²) in [4.78, 5) is 17.2. The molecule has 0 spiro atoms. The number of rotatable bonds is 4. The molecule has 73 heavy (non-hydrogen) atoms. The van der Waals surface area contributed by atoms with Gasteiger partial charge in [-0.05, 0) is 218 Å². The van der Waals surface area contributed by atoms with Gasteiger partial charge in [-0.1, -0.05) is 30.3 Å². The molecule has 4 atom stereocenters. The van der Waals surface area contributed by atoms with Gasteiger partial charge in [-0.3, -0.25) is 19.9 Å². The lowest BCUT2D eigenvalue weighted by molar-refractivity contribution is 0.402. The minimum absolute atomic E-state index is 0.0459. The van der Waals surface area contributed by atoms with E-state index in [9.17, 15) is 40.9 Å². The van der Waals surface area contributed by atoms with Gasteiger partial charge in [0.05, 0.1) is 0 Å². The van der Waals surface area contributed by atoms with E-state index >= 15 is 0 Å². The van der Waals surface area contributed by atoms with Gasteiger partial charge in [-0.15, -0.1) is 0 Å². The van der Waals surface area contributed by atoms with Crippen molar-refractivity contribution in [2.75, 3.05) is 0 Å². The minimum atomic E-state index is -0.0685. The Labute approximate surface area is 425 Å². The molecule has 4 aromatic carbocycles. The van der Waals surface area contributed by atoms with Gasteiger partial charge in [0.15, 0.2) is 46.0 Å². The second kappa shape index (κ2) is 22.5. The number of aromatic hydroxyl groups is 8. The molecule has 0 amide bonds. The quantitative estimate of drug-likeness (QED) is 0.0774. The third-order valence-corrected chi connectivity index (χ3v) is 14.8. The molecular formula is C61H62N4O8. The van der Waals surface area contributed by atoms with Gasteiger partial charge in [0.2, 0.25) is 0 Å². The first-order valence-electron chi connectivity index (χ1n) is 25.2. The van der Waals surface area contributed by atoms with Crippen molar-refractivity contribution in [1.29, 1.82) is 0 Å². The van der Waals surface area contributed by atoms with Crippen LogP contribution in [-0.2, 0) is 25.7 Å². The Balaban J connectivity index is 0.000000120. The van der Waals surface area contributed by atoms with Crippen molar-refractivity contribution in [3.8, 4) is 46.0 Å². The smallest absolute Gasteiger partial charge is 0.157 e. The van der Waals surface area contributed by atoms with Gasteiger partial charge in [0.1, 0.15) is 0 Å². The molecule has 4 unspecified atom stereocenters. The fourth-order valence-corrected chi connectivity index (χ4v) is 11.1. The predicted molar refractivity (Wildman–Crippen MR) is 280 cm³/mol. The van der Waals surface area contributed by atoms with Gasteiger partial charge in [0, 0.05) is 72.2 Å². The Kier molecular flexibility index (Phi) is 15.4. The Bertz CT molecular complexity index is 2970. The highest BCUT2D eigenvalue weighted by Gasteiger charge is 2.26. The zero-order valence-corrected chi connectivity index (χ0v) is 40.9. The first-order chi connectivity index (χ1) is 35.4. The molecule has 0 aliphatic heterocycles. The number of pyridine rings is 4. The molecule has 0 saturated carbocycles. The number of fused-ring (bicyclic) bond motifs is 4. The van der Waals surface area contributed by atoms with Crippen molar-refractivity contribution < 1.29 is 40.9 Å². The standard InChI is InChI=1S/C16H17NO2.3C15H15NO2/c1-10-7-14-12(9-17-10)3-2-4-13(14)11-5-6-15(18)16(19)8-11;17-14-7-6-10(9-15(14)18)11-3-1-5-13-12(11)4-2-8-16-13;17-14-5-4-10(8-15(14)18)12-3-1-2-11-9-16-7-6-13(11)12;17-14-5-4-11(8-15(14)18)12-3-1-2-10-6-7-16-9-13(10)12/h5-9,13,18-19H,2-4H2,1H3;2,4,6-9,11,17-18H,1,3,5H2;2*4-9,12,17-18H,1-3H2. The lowest BCUT2D eigenvalue weighted by atomic mass is 9.79. The normalized spacial score (nSPS) is 18.3. The van der Waals surface area contributed by atoms with Crippen molar-refractivity contribution in [2.24, 2.45) is 0 Å². The SMILES string of the molecule is Cc1cc2c(cn1)CCCC2c1ccc(O)c(O)c1.Oc1ccc(C2CCCc3ccncc32)cc1O.Oc1ccc(C2CCCc3cnccc32)cc1O.Oc1ccc(C2CCCc3ncccc32)cc1O. The summed E-state index contributed by atoms with van der Waals surface area (Å²) in [5.41, 5.74) is 15.4. The van der Waals surface area contributed by atoms with Crippen LogP contribution in [0.25, 0.3) is 0 Å². The van der Waals surface area contributed by atoms with Gasteiger partial charge in [-0.2, -0.15) is 0 Å². The maximum Gasteiger partial charge on any atom is 0.157 e. The highest BCUT2D eigenvalue weighted by Crippen LogP contribution is 2.43. The Morgan fingerprint density at radius 1 is 0.356 bits per heavy atom.